The number of halogens is 2. The van der Waals surface area contributed by atoms with E-state index in [2.05, 4.69) is 32.9 Å². The average molecular weight is 576 g/mol. The number of benzene rings is 2. The van der Waals surface area contributed by atoms with Gasteiger partial charge >= 0.3 is 0 Å². The molecule has 1 aromatic heterocycles. The Morgan fingerprint density at radius 1 is 1.12 bits per heavy atom. The molecule has 1 saturated carbocycles. The van der Waals surface area contributed by atoms with E-state index in [9.17, 15) is 17.6 Å². The summed E-state index contributed by atoms with van der Waals surface area (Å²) in [5, 5.41) is 3.08. The van der Waals surface area contributed by atoms with Crippen LogP contribution >= 0.6 is 22.6 Å². The molecule has 0 radical (unpaired) electrons. The molecule has 1 N–H and O–H groups in total. The number of nitrogens with zero attached hydrogens (tertiary/aromatic N) is 1. The molecule has 2 aliphatic carbocycles. The highest BCUT2D eigenvalue weighted by molar-refractivity contribution is 14.1. The van der Waals surface area contributed by atoms with Gasteiger partial charge in [0.2, 0.25) is 5.91 Å². The highest BCUT2D eigenvalue weighted by Crippen LogP contribution is 2.59. The molecule has 2 aromatic carbocycles. The van der Waals surface area contributed by atoms with Crippen molar-refractivity contribution in [3.63, 3.8) is 0 Å². The van der Waals surface area contributed by atoms with E-state index >= 15 is 0 Å². The van der Waals surface area contributed by atoms with Crippen LogP contribution in [0.2, 0.25) is 0 Å². The molecular weight excluding hydrogens is 554 g/mol. The molecule has 5 nitrogen and oxygen atoms in total. The number of pyridine rings is 1. The Labute approximate surface area is 205 Å². The number of aryl methyl sites for hydroxylation is 1. The van der Waals surface area contributed by atoms with Crippen LogP contribution in [0.5, 0.6) is 0 Å². The summed E-state index contributed by atoms with van der Waals surface area (Å²) in [7, 11) is -3.82. The highest BCUT2D eigenvalue weighted by Gasteiger charge is 2.65. The summed E-state index contributed by atoms with van der Waals surface area (Å²) in [4.78, 5) is 16.8. The Morgan fingerprint density at radius 3 is 2.58 bits per heavy atom. The van der Waals surface area contributed by atoms with Crippen molar-refractivity contribution < 1.29 is 17.6 Å². The second kappa shape index (κ2) is 8.47. The zero-order chi connectivity index (χ0) is 23.2. The highest BCUT2D eigenvalue weighted by atomic mass is 127. The summed E-state index contributed by atoms with van der Waals surface area (Å²) in [5.74, 6) is -0.856. The van der Waals surface area contributed by atoms with Crippen LogP contribution < -0.4 is 5.32 Å². The van der Waals surface area contributed by atoms with E-state index in [0.29, 0.717) is 12.8 Å². The van der Waals surface area contributed by atoms with Crippen molar-refractivity contribution in [2.45, 2.75) is 41.4 Å². The maximum absolute atomic E-state index is 14.0. The Kier molecular flexibility index (Phi) is 5.76. The summed E-state index contributed by atoms with van der Waals surface area (Å²) >= 11 is 2.24. The fourth-order valence-electron chi connectivity index (χ4n) is 5.40. The van der Waals surface area contributed by atoms with E-state index in [4.69, 9.17) is 0 Å². The van der Waals surface area contributed by atoms with E-state index in [1.165, 1.54) is 24.3 Å². The quantitative estimate of drug-likeness (QED) is 0.365. The van der Waals surface area contributed by atoms with Crippen LogP contribution in [0.1, 0.15) is 29.5 Å². The summed E-state index contributed by atoms with van der Waals surface area (Å²) in [6.07, 6.45) is 5.23. The minimum atomic E-state index is -3.82. The van der Waals surface area contributed by atoms with Gasteiger partial charge in [0.05, 0.1) is 11.3 Å². The Morgan fingerprint density at radius 2 is 1.85 bits per heavy atom. The summed E-state index contributed by atoms with van der Waals surface area (Å²) in [6, 6.07) is 14.3. The van der Waals surface area contributed by atoms with Gasteiger partial charge in [-0.25, -0.2) is 12.8 Å². The molecule has 3 aromatic rings. The fourth-order valence-corrected chi connectivity index (χ4v) is 8.43. The van der Waals surface area contributed by atoms with Crippen molar-refractivity contribution in [1.82, 2.24) is 10.3 Å². The maximum atomic E-state index is 14.0. The SMILES string of the molecule is O=C(Cc1ccncc1)NC1CC2(S(=O)(=O)c3ccc(F)cc3)c3ccc(I)cc3CCC12. The Bertz CT molecular complexity index is 1320. The number of aromatic nitrogens is 1. The van der Waals surface area contributed by atoms with Crippen molar-refractivity contribution in [1.29, 1.82) is 0 Å². The molecule has 3 atom stereocenters. The van der Waals surface area contributed by atoms with Crippen LogP contribution in [0.4, 0.5) is 4.39 Å². The first-order chi connectivity index (χ1) is 15.8. The Balaban J connectivity index is 1.49. The van der Waals surface area contributed by atoms with Gasteiger partial charge in [-0.1, -0.05) is 6.07 Å². The molecule has 0 spiro atoms. The van der Waals surface area contributed by atoms with Crippen LogP contribution in [0.25, 0.3) is 0 Å². The van der Waals surface area contributed by atoms with Gasteiger partial charge in [-0.3, -0.25) is 9.78 Å². The van der Waals surface area contributed by atoms with Gasteiger partial charge in [0.25, 0.3) is 0 Å². The number of sulfone groups is 1. The lowest BCUT2D eigenvalue weighted by atomic mass is 9.59. The normalized spacial score (nSPS) is 23.7. The molecule has 0 bridgehead atoms. The monoisotopic (exact) mass is 576 g/mol. The number of carbonyl (C=O) groups is 1. The van der Waals surface area contributed by atoms with Gasteiger partial charge in [0.1, 0.15) is 10.6 Å². The standard InChI is InChI=1S/C25H22FIN2O3S/c26-18-2-5-20(6-3-18)33(31,32)25-15-23(29-24(30)13-16-9-11-28-12-10-16)22(25)7-1-17-14-19(27)4-8-21(17)25/h2-6,8-12,14,22-23H,1,7,13,15H2,(H,29,30). The van der Waals surface area contributed by atoms with Crippen molar-refractivity contribution in [3.8, 4) is 0 Å². The number of hydrogen-bond acceptors (Lipinski definition) is 4. The predicted octanol–water partition coefficient (Wildman–Crippen LogP) is 4.19. The lowest BCUT2D eigenvalue weighted by Crippen LogP contribution is -2.66. The summed E-state index contributed by atoms with van der Waals surface area (Å²) < 4.78 is 41.5. The lowest BCUT2D eigenvalue weighted by molar-refractivity contribution is -0.123. The first-order valence-corrected chi connectivity index (χ1v) is 13.3. The summed E-state index contributed by atoms with van der Waals surface area (Å²) in [5.41, 5.74) is 2.70. The van der Waals surface area contributed by atoms with Crippen molar-refractivity contribution in [2.75, 3.05) is 0 Å². The third kappa shape index (κ3) is 3.77. The van der Waals surface area contributed by atoms with E-state index in [1.54, 1.807) is 24.5 Å². The van der Waals surface area contributed by atoms with Gasteiger partial charge < -0.3 is 5.32 Å². The first kappa shape index (κ1) is 22.5. The zero-order valence-electron chi connectivity index (χ0n) is 17.7. The minimum absolute atomic E-state index is 0.113. The number of carbonyl (C=O) groups excluding carboxylic acids is 1. The average Bonchev–Trinajstić information content (AvgIpc) is 2.77. The second-order valence-electron chi connectivity index (χ2n) is 8.70. The molecule has 5 rings (SSSR count). The number of hydrogen-bond donors (Lipinski definition) is 1. The molecule has 8 heteroatoms. The number of rotatable bonds is 5. The number of fused-ring (bicyclic) bond motifs is 3. The Hall–Kier alpha value is -2.33. The molecule has 0 aliphatic heterocycles. The van der Waals surface area contributed by atoms with E-state index in [1.807, 2.05) is 18.2 Å². The van der Waals surface area contributed by atoms with Gasteiger partial charge in [0.15, 0.2) is 9.84 Å². The van der Waals surface area contributed by atoms with Crippen molar-refractivity contribution in [3.05, 3.63) is 93.1 Å². The summed E-state index contributed by atoms with van der Waals surface area (Å²) in [6.45, 7) is 0. The molecular formula is C25H22FIN2O3S. The van der Waals surface area contributed by atoms with Crippen LogP contribution in [0.3, 0.4) is 0 Å². The van der Waals surface area contributed by atoms with Crippen molar-refractivity contribution >= 4 is 38.3 Å². The molecule has 1 fully saturated rings. The number of nitrogens with one attached hydrogen (secondary N) is 1. The molecule has 2 aliphatic rings. The smallest absolute Gasteiger partial charge is 0.224 e. The van der Waals surface area contributed by atoms with Crippen LogP contribution in [-0.2, 0) is 32.2 Å². The third-order valence-corrected chi connectivity index (χ3v) is 10.1. The van der Waals surface area contributed by atoms with Gasteiger partial charge in [-0.05, 0) is 107 Å². The minimum Gasteiger partial charge on any atom is -0.353 e. The van der Waals surface area contributed by atoms with E-state index < -0.39 is 20.4 Å². The van der Waals surface area contributed by atoms with E-state index in [0.717, 1.165) is 26.7 Å². The second-order valence-corrected chi connectivity index (χ2v) is 12.2. The van der Waals surface area contributed by atoms with Crippen LogP contribution in [0, 0.1) is 15.3 Å². The lowest BCUT2D eigenvalue weighted by Gasteiger charge is -2.57. The van der Waals surface area contributed by atoms with Gasteiger partial charge in [-0.2, -0.15) is 0 Å². The molecule has 1 amide bonds. The largest absolute Gasteiger partial charge is 0.353 e. The molecule has 0 saturated heterocycles. The zero-order valence-corrected chi connectivity index (χ0v) is 20.6. The maximum Gasteiger partial charge on any atom is 0.224 e. The topological polar surface area (TPSA) is 76.1 Å². The molecule has 170 valence electrons. The predicted molar refractivity (Wildman–Crippen MR) is 131 cm³/mol. The first-order valence-electron chi connectivity index (χ1n) is 10.8. The van der Waals surface area contributed by atoms with Crippen LogP contribution in [-0.4, -0.2) is 25.4 Å². The molecule has 33 heavy (non-hydrogen) atoms. The van der Waals surface area contributed by atoms with Crippen LogP contribution in [0.15, 0.2) is 71.9 Å². The van der Waals surface area contributed by atoms with Gasteiger partial charge in [0, 0.05) is 27.9 Å². The van der Waals surface area contributed by atoms with Crippen molar-refractivity contribution in [2.24, 2.45) is 5.92 Å². The number of amides is 1. The molecule has 3 unspecified atom stereocenters. The molecule has 1 heterocycles. The van der Waals surface area contributed by atoms with Gasteiger partial charge in [-0.15, -0.1) is 0 Å². The fraction of sp³-hybridized carbons (Fsp3) is 0.280. The third-order valence-electron chi connectivity index (χ3n) is 6.92. The van der Waals surface area contributed by atoms with E-state index in [-0.39, 0.29) is 29.2 Å².